The lowest BCUT2D eigenvalue weighted by Crippen LogP contribution is -2.08. The Labute approximate surface area is 125 Å². The number of nitrogens with two attached hydrogens (primary N) is 1. The van der Waals surface area contributed by atoms with E-state index in [1.165, 1.54) is 5.39 Å². The molecule has 0 saturated heterocycles. The first kappa shape index (κ1) is 15.8. The van der Waals surface area contributed by atoms with Crippen molar-refractivity contribution in [2.24, 2.45) is 5.73 Å². The zero-order valence-electron chi connectivity index (χ0n) is 12.5. The lowest BCUT2D eigenvalue weighted by atomic mass is 10.0. The summed E-state index contributed by atoms with van der Waals surface area (Å²) in [5.74, 6) is 0.869. The average Bonchev–Trinajstić information content (AvgIpc) is 2.53. The van der Waals surface area contributed by atoms with Crippen molar-refractivity contribution in [3.8, 4) is 5.75 Å². The fourth-order valence-electron chi connectivity index (χ4n) is 2.25. The summed E-state index contributed by atoms with van der Waals surface area (Å²) in [6.07, 6.45) is 0.848. The first-order valence-electron chi connectivity index (χ1n) is 7.27. The molecule has 0 aliphatic carbocycles. The van der Waals surface area contributed by atoms with Gasteiger partial charge in [-0.3, -0.25) is 0 Å². The van der Waals surface area contributed by atoms with E-state index in [9.17, 15) is 0 Å². The molecular weight excluding hydrogens is 266 g/mol. The van der Waals surface area contributed by atoms with E-state index in [1.54, 1.807) is 7.11 Å². The van der Waals surface area contributed by atoms with E-state index in [4.69, 9.17) is 19.9 Å². The van der Waals surface area contributed by atoms with Gasteiger partial charge >= 0.3 is 0 Å². The van der Waals surface area contributed by atoms with Crippen LogP contribution in [-0.2, 0) is 16.0 Å². The van der Waals surface area contributed by atoms with Crippen molar-refractivity contribution in [2.45, 2.75) is 13.0 Å². The second-order valence-corrected chi connectivity index (χ2v) is 4.77. The highest BCUT2D eigenvalue weighted by Gasteiger charge is 2.07. The topological polar surface area (TPSA) is 53.7 Å². The Bertz CT molecular complexity index is 557. The summed E-state index contributed by atoms with van der Waals surface area (Å²) in [4.78, 5) is 0. The minimum absolute atomic E-state index is 0.473. The molecule has 2 aromatic carbocycles. The van der Waals surface area contributed by atoms with Crippen molar-refractivity contribution in [3.05, 3.63) is 42.0 Å². The molecule has 0 aliphatic heterocycles. The number of hydrogen-bond acceptors (Lipinski definition) is 4. The smallest absolute Gasteiger partial charge is 0.124 e. The molecule has 21 heavy (non-hydrogen) atoms. The Kier molecular flexibility index (Phi) is 6.47. The lowest BCUT2D eigenvalue weighted by Gasteiger charge is -2.13. The summed E-state index contributed by atoms with van der Waals surface area (Å²) >= 11 is 0. The van der Waals surface area contributed by atoms with Crippen LogP contribution >= 0.6 is 0 Å². The molecule has 114 valence electrons. The first-order valence-corrected chi connectivity index (χ1v) is 7.27. The van der Waals surface area contributed by atoms with Crippen LogP contribution in [0.2, 0.25) is 0 Å². The van der Waals surface area contributed by atoms with Gasteiger partial charge in [0.1, 0.15) is 5.75 Å². The summed E-state index contributed by atoms with van der Waals surface area (Å²) in [5.41, 5.74) is 6.95. The van der Waals surface area contributed by atoms with E-state index in [0.717, 1.165) is 23.1 Å². The van der Waals surface area contributed by atoms with Crippen LogP contribution in [0.15, 0.2) is 36.4 Å². The second-order valence-electron chi connectivity index (χ2n) is 4.77. The molecule has 4 nitrogen and oxygen atoms in total. The molecule has 0 radical (unpaired) electrons. The van der Waals surface area contributed by atoms with Crippen LogP contribution in [0, 0.1) is 0 Å². The highest BCUT2D eigenvalue weighted by atomic mass is 16.5. The van der Waals surface area contributed by atoms with Gasteiger partial charge in [-0.2, -0.15) is 0 Å². The van der Waals surface area contributed by atoms with Crippen molar-refractivity contribution < 1.29 is 14.2 Å². The minimum atomic E-state index is 0.473. The van der Waals surface area contributed by atoms with Crippen LogP contribution in [0.25, 0.3) is 10.8 Å². The summed E-state index contributed by atoms with van der Waals surface area (Å²) in [6, 6.07) is 12.3. The molecule has 0 spiro atoms. The van der Waals surface area contributed by atoms with E-state index in [2.05, 4.69) is 18.2 Å². The zero-order chi connectivity index (χ0) is 14.9. The quantitative estimate of drug-likeness (QED) is 0.721. The van der Waals surface area contributed by atoms with E-state index < -0.39 is 0 Å². The van der Waals surface area contributed by atoms with Crippen LogP contribution in [-0.4, -0.2) is 33.5 Å². The van der Waals surface area contributed by atoms with Gasteiger partial charge in [-0.1, -0.05) is 30.3 Å². The van der Waals surface area contributed by atoms with E-state index >= 15 is 0 Å². The summed E-state index contributed by atoms with van der Waals surface area (Å²) in [7, 11) is 1.67. The molecule has 0 atom stereocenters. The molecule has 4 heteroatoms. The molecule has 0 amide bonds. The lowest BCUT2D eigenvalue weighted by molar-refractivity contribution is 0.0644. The Morgan fingerprint density at radius 1 is 0.952 bits per heavy atom. The van der Waals surface area contributed by atoms with Crippen LogP contribution in [0.5, 0.6) is 5.75 Å². The van der Waals surface area contributed by atoms with Gasteiger partial charge in [0.2, 0.25) is 0 Å². The van der Waals surface area contributed by atoms with Crippen LogP contribution in [0.4, 0.5) is 0 Å². The standard InChI is InChI=1S/C17H23NO3/c1-19-11-12-20-9-4-10-21-17-8-7-14-5-2-3-6-15(14)16(17)13-18/h2-3,5-8H,4,9-13,18H2,1H3. The zero-order valence-corrected chi connectivity index (χ0v) is 12.5. The number of methoxy groups -OCH3 is 1. The number of hydrogen-bond donors (Lipinski definition) is 1. The van der Waals surface area contributed by atoms with Gasteiger partial charge < -0.3 is 19.9 Å². The van der Waals surface area contributed by atoms with Crippen molar-refractivity contribution in [2.75, 3.05) is 33.5 Å². The molecule has 2 rings (SSSR count). The number of rotatable bonds is 9. The molecule has 0 unspecified atom stereocenters. The summed E-state index contributed by atoms with van der Waals surface area (Å²) in [6.45, 7) is 3.03. The Morgan fingerprint density at radius 2 is 1.81 bits per heavy atom. The Balaban J connectivity index is 1.90. The molecule has 0 heterocycles. The fourth-order valence-corrected chi connectivity index (χ4v) is 2.25. The van der Waals surface area contributed by atoms with E-state index in [0.29, 0.717) is 33.0 Å². The third kappa shape index (κ3) is 4.43. The SMILES string of the molecule is COCCOCCCOc1ccc2ccccc2c1CN. The molecule has 0 aromatic heterocycles. The maximum absolute atomic E-state index is 5.88. The van der Waals surface area contributed by atoms with E-state index in [1.807, 2.05) is 18.2 Å². The largest absolute Gasteiger partial charge is 0.493 e. The van der Waals surface area contributed by atoms with Gasteiger partial charge in [0.15, 0.2) is 0 Å². The van der Waals surface area contributed by atoms with Gasteiger partial charge in [0.25, 0.3) is 0 Å². The average molecular weight is 289 g/mol. The van der Waals surface area contributed by atoms with Gasteiger partial charge in [-0.15, -0.1) is 0 Å². The molecule has 2 aromatic rings. The Hall–Kier alpha value is -1.62. The second kappa shape index (κ2) is 8.62. The van der Waals surface area contributed by atoms with Crippen LogP contribution in [0.3, 0.4) is 0 Å². The van der Waals surface area contributed by atoms with Crippen molar-refractivity contribution in [1.29, 1.82) is 0 Å². The molecule has 0 fully saturated rings. The first-order chi connectivity index (χ1) is 10.4. The molecule has 0 bridgehead atoms. The third-order valence-electron chi connectivity index (χ3n) is 3.32. The number of ether oxygens (including phenoxy) is 3. The number of fused-ring (bicyclic) bond motifs is 1. The van der Waals surface area contributed by atoms with E-state index in [-0.39, 0.29) is 0 Å². The van der Waals surface area contributed by atoms with Crippen LogP contribution in [0.1, 0.15) is 12.0 Å². The van der Waals surface area contributed by atoms with Crippen molar-refractivity contribution in [3.63, 3.8) is 0 Å². The molecule has 0 aliphatic rings. The third-order valence-corrected chi connectivity index (χ3v) is 3.32. The highest BCUT2D eigenvalue weighted by molar-refractivity contribution is 5.87. The molecular formula is C17H23NO3. The predicted octanol–water partition coefficient (Wildman–Crippen LogP) is 2.73. The molecule has 0 saturated carbocycles. The number of benzene rings is 2. The monoisotopic (exact) mass is 289 g/mol. The summed E-state index contributed by atoms with van der Waals surface area (Å²) in [5, 5.41) is 2.35. The predicted molar refractivity (Wildman–Crippen MR) is 84.6 cm³/mol. The Morgan fingerprint density at radius 3 is 2.62 bits per heavy atom. The maximum Gasteiger partial charge on any atom is 0.124 e. The van der Waals surface area contributed by atoms with Gasteiger partial charge in [0, 0.05) is 32.2 Å². The van der Waals surface area contributed by atoms with Gasteiger partial charge in [0.05, 0.1) is 19.8 Å². The van der Waals surface area contributed by atoms with Crippen molar-refractivity contribution >= 4 is 10.8 Å². The minimum Gasteiger partial charge on any atom is -0.493 e. The molecule has 2 N–H and O–H groups in total. The normalized spacial score (nSPS) is 11.0. The van der Waals surface area contributed by atoms with Gasteiger partial charge in [-0.25, -0.2) is 0 Å². The fraction of sp³-hybridized carbons (Fsp3) is 0.412. The van der Waals surface area contributed by atoms with Gasteiger partial charge in [-0.05, 0) is 16.8 Å². The summed E-state index contributed by atoms with van der Waals surface area (Å²) < 4.78 is 16.2. The van der Waals surface area contributed by atoms with Crippen LogP contribution < -0.4 is 10.5 Å². The highest BCUT2D eigenvalue weighted by Crippen LogP contribution is 2.27. The maximum atomic E-state index is 5.88. The van der Waals surface area contributed by atoms with Crippen molar-refractivity contribution in [1.82, 2.24) is 0 Å².